The smallest absolute Gasteiger partial charge is 0.413 e. The van der Waals surface area contributed by atoms with Crippen LogP contribution in [0.1, 0.15) is 0 Å². The second kappa shape index (κ2) is 5.79. The zero-order valence-corrected chi connectivity index (χ0v) is 12.8. The van der Waals surface area contributed by atoms with Gasteiger partial charge in [0, 0.05) is 5.69 Å². The lowest BCUT2D eigenvalue weighted by molar-refractivity contribution is -0.219. The van der Waals surface area contributed by atoms with Crippen LogP contribution in [0.4, 0.5) is 23.2 Å². The number of alkyl halides is 4. The van der Waals surface area contributed by atoms with Crippen LogP contribution in [0, 0.1) is 0 Å². The van der Waals surface area contributed by atoms with E-state index in [0.717, 1.165) is 12.1 Å². The molecule has 0 spiro atoms. The molecule has 0 heterocycles. The number of hydrogen-bond acceptors (Lipinski definition) is 3. The monoisotopic (exact) mass is 437 g/mol. The molecule has 0 fully saturated rings. The van der Waals surface area contributed by atoms with E-state index >= 15 is 0 Å². The second-order valence-electron chi connectivity index (χ2n) is 3.70. The molecule has 0 unspecified atom stereocenters. The number of aliphatic carboxylic acids is 1. The Balaban J connectivity index is 3.09. The van der Waals surface area contributed by atoms with Crippen molar-refractivity contribution in [2.45, 2.75) is 11.8 Å². The predicted octanol–water partition coefficient (Wildman–Crippen LogP) is 3.21. The van der Waals surface area contributed by atoms with Gasteiger partial charge in [-0.05, 0) is 44.0 Å². The average molecular weight is 439 g/mol. The summed E-state index contributed by atoms with van der Waals surface area (Å²) in [6.45, 7) is 0. The summed E-state index contributed by atoms with van der Waals surface area (Å²) < 4.78 is 52.0. The zero-order valence-electron chi connectivity index (χ0n) is 9.63. The summed E-state index contributed by atoms with van der Waals surface area (Å²) in [5, 5.41) is 18.9. The van der Waals surface area contributed by atoms with E-state index in [2.05, 4.69) is 31.9 Å². The Morgan fingerprint density at radius 3 is 1.86 bits per heavy atom. The number of phenols is 1. The third kappa shape index (κ3) is 3.28. The normalized spacial score (nSPS) is 12.1. The SMILES string of the molecule is O=C(O)C(F)(F)C(F)(F)C(=O)Nc1cc(Br)c(O)c(Br)c1. The number of rotatable bonds is 4. The van der Waals surface area contributed by atoms with Gasteiger partial charge in [-0.15, -0.1) is 0 Å². The summed E-state index contributed by atoms with van der Waals surface area (Å²) in [6, 6.07) is 1.93. The van der Waals surface area contributed by atoms with Crippen LogP contribution in [0.15, 0.2) is 21.1 Å². The van der Waals surface area contributed by atoms with Crippen molar-refractivity contribution in [1.29, 1.82) is 0 Å². The Bertz CT molecular complexity index is 586. The molecule has 1 rings (SSSR count). The molecule has 0 bridgehead atoms. The molecule has 0 radical (unpaired) electrons. The largest absolute Gasteiger partial charge is 0.506 e. The van der Waals surface area contributed by atoms with Crippen LogP contribution in [0.2, 0.25) is 0 Å². The second-order valence-corrected chi connectivity index (χ2v) is 5.41. The molecule has 0 aromatic heterocycles. The van der Waals surface area contributed by atoms with Crippen molar-refractivity contribution in [2.75, 3.05) is 5.32 Å². The van der Waals surface area contributed by atoms with E-state index in [4.69, 9.17) is 5.11 Å². The lowest BCUT2D eigenvalue weighted by Crippen LogP contribution is -2.54. The van der Waals surface area contributed by atoms with Gasteiger partial charge in [-0.1, -0.05) is 0 Å². The highest BCUT2D eigenvalue weighted by atomic mass is 79.9. The van der Waals surface area contributed by atoms with E-state index in [1.54, 1.807) is 0 Å². The Hall–Kier alpha value is -1.36. The molecule has 1 amide bonds. The van der Waals surface area contributed by atoms with Gasteiger partial charge in [0.15, 0.2) is 0 Å². The zero-order chi connectivity index (χ0) is 16.6. The summed E-state index contributed by atoms with van der Waals surface area (Å²) in [5.74, 6) is -17.0. The van der Waals surface area contributed by atoms with E-state index in [1.807, 2.05) is 0 Å². The van der Waals surface area contributed by atoms with Crippen LogP contribution in [0.25, 0.3) is 0 Å². The fraction of sp³-hybridized carbons (Fsp3) is 0.200. The number of carboxylic acids is 1. The van der Waals surface area contributed by atoms with Gasteiger partial charge in [0.1, 0.15) is 5.75 Å². The third-order valence-electron chi connectivity index (χ3n) is 2.22. The number of halogens is 6. The fourth-order valence-corrected chi connectivity index (χ4v) is 2.31. The molecule has 5 nitrogen and oxygen atoms in total. The van der Waals surface area contributed by atoms with Gasteiger partial charge in [-0.3, -0.25) is 4.79 Å². The van der Waals surface area contributed by atoms with E-state index in [9.17, 15) is 32.3 Å². The summed E-state index contributed by atoms with van der Waals surface area (Å²) in [4.78, 5) is 21.3. The van der Waals surface area contributed by atoms with Gasteiger partial charge in [-0.2, -0.15) is 17.6 Å². The molecule has 0 saturated carbocycles. The summed E-state index contributed by atoms with van der Waals surface area (Å²) >= 11 is 5.68. The van der Waals surface area contributed by atoms with Crippen molar-refractivity contribution in [2.24, 2.45) is 0 Å². The summed E-state index contributed by atoms with van der Waals surface area (Å²) in [7, 11) is 0. The number of nitrogens with one attached hydrogen (secondary N) is 1. The molecule has 1 aromatic rings. The lowest BCUT2D eigenvalue weighted by atomic mass is 10.1. The van der Waals surface area contributed by atoms with Gasteiger partial charge in [0.2, 0.25) is 0 Å². The maximum atomic E-state index is 13.2. The van der Waals surface area contributed by atoms with Crippen LogP contribution in [-0.4, -0.2) is 33.9 Å². The van der Waals surface area contributed by atoms with Crippen molar-refractivity contribution >= 4 is 49.4 Å². The van der Waals surface area contributed by atoms with Crippen molar-refractivity contribution in [3.05, 3.63) is 21.1 Å². The van der Waals surface area contributed by atoms with Crippen LogP contribution < -0.4 is 5.32 Å². The van der Waals surface area contributed by atoms with Gasteiger partial charge in [-0.25, -0.2) is 4.79 Å². The lowest BCUT2D eigenvalue weighted by Gasteiger charge is -2.22. The molecule has 116 valence electrons. The van der Waals surface area contributed by atoms with Crippen molar-refractivity contribution < 1.29 is 37.4 Å². The maximum absolute atomic E-state index is 13.2. The number of hydrogen-bond donors (Lipinski definition) is 3. The van der Waals surface area contributed by atoms with E-state index in [0.29, 0.717) is 0 Å². The molecule has 0 atom stereocenters. The third-order valence-corrected chi connectivity index (χ3v) is 3.43. The summed E-state index contributed by atoms with van der Waals surface area (Å²) in [5.41, 5.74) is -0.364. The molecular weight excluding hydrogens is 434 g/mol. The molecule has 0 saturated heterocycles. The maximum Gasteiger partial charge on any atom is 0.413 e. The molecule has 0 aliphatic heterocycles. The van der Waals surface area contributed by atoms with Crippen LogP contribution in [0.5, 0.6) is 5.75 Å². The first kappa shape index (κ1) is 17.7. The molecule has 0 aliphatic rings. The van der Waals surface area contributed by atoms with E-state index < -0.39 is 23.7 Å². The number of aromatic hydroxyl groups is 1. The number of amides is 1. The summed E-state index contributed by atoms with van der Waals surface area (Å²) in [6.07, 6.45) is 0. The first-order valence-electron chi connectivity index (χ1n) is 4.89. The highest BCUT2D eigenvalue weighted by Gasteiger charge is 2.67. The number of carbonyl (C=O) groups excluding carboxylic acids is 1. The fourth-order valence-electron chi connectivity index (χ4n) is 1.12. The molecule has 1 aromatic carbocycles. The number of benzene rings is 1. The molecule has 0 aliphatic carbocycles. The topological polar surface area (TPSA) is 86.6 Å². The first-order valence-corrected chi connectivity index (χ1v) is 6.48. The average Bonchev–Trinajstić information content (AvgIpc) is 2.35. The van der Waals surface area contributed by atoms with Gasteiger partial charge in [0.25, 0.3) is 0 Å². The van der Waals surface area contributed by atoms with Crippen molar-refractivity contribution in [1.82, 2.24) is 0 Å². The van der Waals surface area contributed by atoms with Crippen LogP contribution in [-0.2, 0) is 9.59 Å². The molecule has 21 heavy (non-hydrogen) atoms. The van der Waals surface area contributed by atoms with Crippen LogP contribution in [0.3, 0.4) is 0 Å². The van der Waals surface area contributed by atoms with Crippen molar-refractivity contribution in [3.8, 4) is 5.75 Å². The highest BCUT2D eigenvalue weighted by molar-refractivity contribution is 9.11. The minimum absolute atomic E-state index is 0.0134. The Morgan fingerprint density at radius 2 is 1.48 bits per heavy atom. The quantitative estimate of drug-likeness (QED) is 0.497. The number of phenolic OH excluding ortho intramolecular Hbond substituents is 1. The van der Waals surface area contributed by atoms with E-state index in [-0.39, 0.29) is 20.4 Å². The van der Waals surface area contributed by atoms with Gasteiger partial charge < -0.3 is 15.5 Å². The number of carboxylic acid groups (broad SMARTS) is 1. The minimum Gasteiger partial charge on any atom is -0.506 e. The van der Waals surface area contributed by atoms with Crippen LogP contribution >= 0.6 is 31.9 Å². The Labute approximate surface area is 131 Å². The highest BCUT2D eigenvalue weighted by Crippen LogP contribution is 2.38. The number of anilines is 1. The minimum atomic E-state index is -5.57. The van der Waals surface area contributed by atoms with Crippen molar-refractivity contribution in [3.63, 3.8) is 0 Å². The molecule has 3 N–H and O–H groups in total. The molecular formula is C10H5Br2F4NO4. The molecule has 11 heteroatoms. The standard InChI is InChI=1S/C10H5Br2F4NO4/c11-4-1-3(2-5(12)6(4)18)17-7(19)9(13,14)10(15,16)8(20)21/h1-2,18H,(H,17,19)(H,20,21). The Morgan fingerprint density at radius 1 is 1.05 bits per heavy atom. The first-order chi connectivity index (χ1) is 9.41. The van der Waals surface area contributed by atoms with Gasteiger partial charge >= 0.3 is 23.7 Å². The van der Waals surface area contributed by atoms with Gasteiger partial charge in [0.05, 0.1) is 8.95 Å². The van der Waals surface area contributed by atoms with E-state index in [1.165, 1.54) is 5.32 Å². The predicted molar refractivity (Wildman–Crippen MR) is 69.7 cm³/mol. The Kier molecular flexibility index (Phi) is 4.88. The number of carbonyl (C=O) groups is 2.